The van der Waals surface area contributed by atoms with Crippen molar-refractivity contribution in [1.82, 2.24) is 9.88 Å². The zero-order valence-corrected chi connectivity index (χ0v) is 14.1. The maximum absolute atomic E-state index is 11.1. The van der Waals surface area contributed by atoms with Gasteiger partial charge >= 0.3 is 0 Å². The number of nitro benzene ring substituents is 1. The summed E-state index contributed by atoms with van der Waals surface area (Å²) in [5.41, 5.74) is 1.39. The molecule has 0 aliphatic carbocycles. The van der Waals surface area contributed by atoms with Crippen LogP contribution in [0.5, 0.6) is 0 Å². The molecule has 23 heavy (non-hydrogen) atoms. The monoisotopic (exact) mass is 336 g/mol. The highest BCUT2D eigenvalue weighted by Crippen LogP contribution is 2.32. The average Bonchev–Trinajstić information content (AvgIpc) is 2.54. The first-order valence-corrected chi connectivity index (χ1v) is 8.13. The molecule has 0 unspecified atom stereocenters. The van der Waals surface area contributed by atoms with Crippen LogP contribution in [0.15, 0.2) is 24.4 Å². The third-order valence-electron chi connectivity index (χ3n) is 3.87. The Morgan fingerprint density at radius 1 is 1.35 bits per heavy atom. The zero-order chi connectivity index (χ0) is 16.8. The molecule has 1 aromatic heterocycles. The van der Waals surface area contributed by atoms with Gasteiger partial charge < -0.3 is 10.2 Å². The second kappa shape index (κ2) is 8.08. The molecular formula is C16H21ClN4O2. The average molecular weight is 337 g/mol. The first kappa shape index (κ1) is 17.4. The van der Waals surface area contributed by atoms with E-state index in [4.69, 9.17) is 11.6 Å². The van der Waals surface area contributed by atoms with Crippen LogP contribution in [0.3, 0.4) is 0 Å². The van der Waals surface area contributed by atoms with Gasteiger partial charge in [0.05, 0.1) is 10.4 Å². The van der Waals surface area contributed by atoms with E-state index in [2.05, 4.69) is 29.0 Å². The van der Waals surface area contributed by atoms with Crippen LogP contribution in [0.1, 0.15) is 20.3 Å². The molecular weight excluding hydrogens is 316 g/mol. The molecule has 0 amide bonds. The summed E-state index contributed by atoms with van der Waals surface area (Å²) in [5.74, 6) is 0. The minimum atomic E-state index is -0.473. The van der Waals surface area contributed by atoms with E-state index in [0.717, 1.165) is 38.3 Å². The van der Waals surface area contributed by atoms with Crippen LogP contribution in [-0.4, -0.2) is 41.0 Å². The number of hydrogen-bond donors (Lipinski definition) is 1. The number of nitro groups is 1. The molecule has 0 saturated heterocycles. The van der Waals surface area contributed by atoms with E-state index in [0.29, 0.717) is 10.9 Å². The standard InChI is InChI=1S/C16H21ClN4O2/c1-3-20(4-2)9-5-7-18-14-6-8-19-15-11-13(17)16(21(22)23)10-12(14)15/h6,8,10-11H,3-5,7,9H2,1-2H3,(H,18,19). The van der Waals surface area contributed by atoms with E-state index in [1.165, 1.54) is 12.1 Å². The first-order chi connectivity index (χ1) is 11.1. The molecule has 0 radical (unpaired) electrons. The van der Waals surface area contributed by atoms with Crippen molar-refractivity contribution < 1.29 is 4.92 Å². The van der Waals surface area contributed by atoms with Gasteiger partial charge in [0, 0.05) is 29.9 Å². The lowest BCUT2D eigenvalue weighted by Gasteiger charge is -2.18. The number of hydrogen-bond acceptors (Lipinski definition) is 5. The fourth-order valence-electron chi connectivity index (χ4n) is 2.52. The topological polar surface area (TPSA) is 71.3 Å². The molecule has 0 atom stereocenters. The summed E-state index contributed by atoms with van der Waals surface area (Å²) >= 11 is 5.94. The predicted molar refractivity (Wildman–Crippen MR) is 94.3 cm³/mol. The minimum absolute atomic E-state index is 0.0987. The van der Waals surface area contributed by atoms with Gasteiger partial charge in [0.1, 0.15) is 5.02 Å². The van der Waals surface area contributed by atoms with Crippen LogP contribution in [-0.2, 0) is 0 Å². The lowest BCUT2D eigenvalue weighted by molar-refractivity contribution is -0.384. The van der Waals surface area contributed by atoms with Crippen molar-refractivity contribution >= 4 is 33.9 Å². The number of anilines is 1. The zero-order valence-electron chi connectivity index (χ0n) is 13.4. The molecule has 1 N–H and O–H groups in total. The third kappa shape index (κ3) is 4.30. The van der Waals surface area contributed by atoms with E-state index >= 15 is 0 Å². The number of rotatable bonds is 8. The number of pyridine rings is 1. The summed E-state index contributed by atoms with van der Waals surface area (Å²) in [6.07, 6.45) is 2.68. The summed E-state index contributed by atoms with van der Waals surface area (Å²) < 4.78 is 0. The van der Waals surface area contributed by atoms with Crippen LogP contribution in [0.25, 0.3) is 10.9 Å². The van der Waals surface area contributed by atoms with Gasteiger partial charge in [-0.2, -0.15) is 0 Å². The second-order valence-corrected chi connectivity index (χ2v) is 5.65. The summed E-state index contributed by atoms with van der Waals surface area (Å²) in [6.45, 7) is 8.20. The maximum Gasteiger partial charge on any atom is 0.288 e. The quantitative estimate of drug-likeness (QED) is 0.449. The van der Waals surface area contributed by atoms with Gasteiger partial charge in [-0.25, -0.2) is 0 Å². The lowest BCUT2D eigenvalue weighted by atomic mass is 10.1. The fourth-order valence-corrected chi connectivity index (χ4v) is 2.74. The number of nitrogens with zero attached hydrogens (tertiary/aromatic N) is 3. The van der Waals surface area contributed by atoms with Crippen LogP contribution < -0.4 is 5.32 Å². The summed E-state index contributed by atoms with van der Waals surface area (Å²) in [4.78, 5) is 17.2. The molecule has 124 valence electrons. The predicted octanol–water partition coefficient (Wildman–Crippen LogP) is 3.94. The molecule has 0 saturated carbocycles. The Balaban J connectivity index is 2.14. The van der Waals surface area contributed by atoms with Crippen LogP contribution in [0.2, 0.25) is 5.02 Å². The highest BCUT2D eigenvalue weighted by atomic mass is 35.5. The lowest BCUT2D eigenvalue weighted by Crippen LogP contribution is -2.25. The Bertz CT molecular complexity index is 689. The molecule has 0 bridgehead atoms. The molecule has 0 fully saturated rings. The Morgan fingerprint density at radius 2 is 2.09 bits per heavy atom. The number of benzene rings is 1. The van der Waals surface area contributed by atoms with Crippen molar-refractivity contribution in [3.63, 3.8) is 0 Å². The van der Waals surface area contributed by atoms with Crippen LogP contribution >= 0.6 is 11.6 Å². The minimum Gasteiger partial charge on any atom is -0.384 e. The molecule has 0 spiro atoms. The number of nitrogens with one attached hydrogen (secondary N) is 1. The Labute approximate surface area is 140 Å². The van der Waals surface area contributed by atoms with Gasteiger partial charge in [0.15, 0.2) is 0 Å². The van der Waals surface area contributed by atoms with Crippen LogP contribution in [0.4, 0.5) is 11.4 Å². The van der Waals surface area contributed by atoms with E-state index in [-0.39, 0.29) is 10.7 Å². The van der Waals surface area contributed by atoms with Crippen molar-refractivity contribution in [3.05, 3.63) is 39.5 Å². The van der Waals surface area contributed by atoms with Gasteiger partial charge in [-0.1, -0.05) is 25.4 Å². The van der Waals surface area contributed by atoms with E-state index in [1.54, 1.807) is 6.20 Å². The molecule has 7 heteroatoms. The van der Waals surface area contributed by atoms with Crippen molar-refractivity contribution in [2.45, 2.75) is 20.3 Å². The van der Waals surface area contributed by atoms with Crippen LogP contribution in [0, 0.1) is 10.1 Å². The normalized spacial score (nSPS) is 11.1. The number of halogens is 1. The molecule has 1 heterocycles. The first-order valence-electron chi connectivity index (χ1n) is 7.75. The fraction of sp³-hybridized carbons (Fsp3) is 0.438. The second-order valence-electron chi connectivity index (χ2n) is 5.24. The van der Waals surface area contributed by atoms with E-state index in [1.807, 2.05) is 6.07 Å². The molecule has 0 aliphatic heterocycles. The van der Waals surface area contributed by atoms with Gasteiger partial charge in [0.25, 0.3) is 5.69 Å². The Hall–Kier alpha value is -1.92. The molecule has 6 nitrogen and oxygen atoms in total. The SMILES string of the molecule is CCN(CC)CCCNc1ccnc2cc(Cl)c([N+](=O)[O-])cc12. The smallest absolute Gasteiger partial charge is 0.288 e. The van der Waals surface area contributed by atoms with Crippen molar-refractivity contribution in [3.8, 4) is 0 Å². The molecule has 0 aliphatic rings. The van der Waals surface area contributed by atoms with E-state index < -0.39 is 4.92 Å². The highest BCUT2D eigenvalue weighted by Gasteiger charge is 2.15. The summed E-state index contributed by atoms with van der Waals surface area (Å²) in [7, 11) is 0. The Morgan fingerprint density at radius 3 is 2.74 bits per heavy atom. The van der Waals surface area contributed by atoms with Crippen molar-refractivity contribution in [1.29, 1.82) is 0 Å². The van der Waals surface area contributed by atoms with E-state index in [9.17, 15) is 10.1 Å². The highest BCUT2D eigenvalue weighted by molar-refractivity contribution is 6.33. The molecule has 2 aromatic rings. The van der Waals surface area contributed by atoms with Gasteiger partial charge in [-0.05, 0) is 38.2 Å². The summed E-state index contributed by atoms with van der Waals surface area (Å²) in [5, 5.41) is 15.2. The number of fused-ring (bicyclic) bond motifs is 1. The van der Waals surface area contributed by atoms with Gasteiger partial charge in [-0.15, -0.1) is 0 Å². The van der Waals surface area contributed by atoms with Gasteiger partial charge in [-0.3, -0.25) is 15.1 Å². The third-order valence-corrected chi connectivity index (χ3v) is 4.17. The molecule has 2 rings (SSSR count). The van der Waals surface area contributed by atoms with Crippen molar-refractivity contribution in [2.75, 3.05) is 31.5 Å². The largest absolute Gasteiger partial charge is 0.384 e. The molecule has 1 aromatic carbocycles. The number of aromatic nitrogens is 1. The maximum atomic E-state index is 11.1. The summed E-state index contributed by atoms with van der Waals surface area (Å²) in [6, 6.07) is 4.85. The van der Waals surface area contributed by atoms with Crippen molar-refractivity contribution in [2.24, 2.45) is 0 Å². The van der Waals surface area contributed by atoms with Gasteiger partial charge in [0.2, 0.25) is 0 Å². The Kier molecular flexibility index (Phi) is 6.12.